The number of anilines is 1. The first kappa shape index (κ1) is 16.2. The number of hydrogen-bond donors (Lipinski definition) is 1. The first-order chi connectivity index (χ1) is 9.99. The van der Waals surface area contributed by atoms with E-state index in [9.17, 15) is 0 Å². The minimum atomic E-state index is 0.292. The fourth-order valence-electron chi connectivity index (χ4n) is 2.24. The second-order valence-corrected chi connectivity index (χ2v) is 6.50. The third-order valence-electron chi connectivity index (χ3n) is 3.34. The highest BCUT2D eigenvalue weighted by Crippen LogP contribution is 2.31. The molecule has 1 atom stereocenters. The smallest absolute Gasteiger partial charge is 0.143 e. The van der Waals surface area contributed by atoms with Gasteiger partial charge in [0, 0.05) is 21.6 Å². The van der Waals surface area contributed by atoms with E-state index in [-0.39, 0.29) is 0 Å². The molecule has 2 rings (SSSR count). The molecule has 1 unspecified atom stereocenters. The third-order valence-corrected chi connectivity index (χ3v) is 4.27. The van der Waals surface area contributed by atoms with Crippen molar-refractivity contribution in [3.8, 4) is 5.75 Å². The van der Waals surface area contributed by atoms with Crippen molar-refractivity contribution in [3.05, 3.63) is 57.0 Å². The summed E-state index contributed by atoms with van der Waals surface area (Å²) >= 11 is 9.59. The molecule has 0 amide bonds. The predicted molar refractivity (Wildman–Crippen MR) is 93.7 cm³/mol. The second-order valence-electron chi connectivity index (χ2n) is 5.18. The molecule has 0 radical (unpaired) electrons. The van der Waals surface area contributed by atoms with Crippen LogP contribution in [0.4, 0.5) is 5.69 Å². The normalized spacial score (nSPS) is 12.0. The molecule has 1 N–H and O–H groups in total. The van der Waals surface area contributed by atoms with Crippen molar-refractivity contribution in [2.24, 2.45) is 0 Å². The van der Waals surface area contributed by atoms with Crippen molar-refractivity contribution in [1.82, 2.24) is 0 Å². The lowest BCUT2D eigenvalue weighted by Crippen LogP contribution is -2.18. The van der Waals surface area contributed by atoms with Crippen LogP contribution in [0.2, 0.25) is 5.02 Å². The average Bonchev–Trinajstić information content (AvgIpc) is 2.45. The monoisotopic (exact) mass is 367 g/mol. The molecule has 21 heavy (non-hydrogen) atoms. The van der Waals surface area contributed by atoms with Gasteiger partial charge in [-0.15, -0.1) is 0 Å². The lowest BCUT2D eigenvalue weighted by atomic mass is 10.1. The Morgan fingerprint density at radius 2 is 1.90 bits per heavy atom. The Hall–Kier alpha value is -1.19. The quantitative estimate of drug-likeness (QED) is 0.756. The van der Waals surface area contributed by atoms with E-state index >= 15 is 0 Å². The van der Waals surface area contributed by atoms with Crippen LogP contribution in [-0.4, -0.2) is 13.2 Å². The molecule has 2 nitrogen and oxygen atoms in total. The van der Waals surface area contributed by atoms with Gasteiger partial charge in [-0.05, 0) is 49.6 Å². The topological polar surface area (TPSA) is 21.3 Å². The molecular weight excluding hydrogens is 350 g/mol. The molecule has 0 aliphatic rings. The largest absolute Gasteiger partial charge is 0.495 e. The summed E-state index contributed by atoms with van der Waals surface area (Å²) in [7, 11) is 1.66. The minimum Gasteiger partial charge on any atom is -0.495 e. The van der Waals surface area contributed by atoms with Crippen molar-refractivity contribution in [3.63, 3.8) is 0 Å². The number of hydrogen-bond acceptors (Lipinski definition) is 2. The third kappa shape index (κ3) is 4.39. The van der Waals surface area contributed by atoms with E-state index in [0.29, 0.717) is 6.04 Å². The number of nitrogens with one attached hydrogen (secondary N) is 1. The maximum atomic E-state index is 6.13. The summed E-state index contributed by atoms with van der Waals surface area (Å²) in [6.07, 6.45) is 0.943. The number of benzene rings is 2. The van der Waals surface area contributed by atoms with Crippen LogP contribution in [0.5, 0.6) is 5.75 Å². The van der Waals surface area contributed by atoms with Crippen molar-refractivity contribution >= 4 is 33.2 Å². The highest BCUT2D eigenvalue weighted by molar-refractivity contribution is 9.10. The molecule has 2 aromatic carbocycles. The Bertz CT molecular complexity index is 613. The molecule has 0 fully saturated rings. The maximum Gasteiger partial charge on any atom is 0.143 e. The SMILES string of the molecule is COc1cc(Cl)c(C)cc1NC(C)Cc1ccc(Br)cc1. The van der Waals surface area contributed by atoms with E-state index in [2.05, 4.69) is 52.4 Å². The maximum absolute atomic E-state index is 6.13. The molecule has 0 heterocycles. The molecule has 0 saturated carbocycles. The first-order valence-corrected chi connectivity index (χ1v) is 8.02. The Morgan fingerprint density at radius 3 is 2.52 bits per heavy atom. The van der Waals surface area contributed by atoms with E-state index in [1.54, 1.807) is 7.11 Å². The Labute approximate surface area is 139 Å². The molecule has 0 saturated heterocycles. The van der Waals surface area contributed by atoms with E-state index in [4.69, 9.17) is 16.3 Å². The second kappa shape index (κ2) is 7.19. The van der Waals surface area contributed by atoms with Gasteiger partial charge in [-0.2, -0.15) is 0 Å². The van der Waals surface area contributed by atoms with E-state index in [1.165, 1.54) is 5.56 Å². The van der Waals surface area contributed by atoms with Gasteiger partial charge in [0.15, 0.2) is 0 Å². The fourth-order valence-corrected chi connectivity index (χ4v) is 2.65. The molecule has 0 bridgehead atoms. The molecule has 0 aliphatic heterocycles. The lowest BCUT2D eigenvalue weighted by Gasteiger charge is -2.19. The van der Waals surface area contributed by atoms with Crippen LogP contribution >= 0.6 is 27.5 Å². The van der Waals surface area contributed by atoms with Crippen LogP contribution in [0.3, 0.4) is 0 Å². The van der Waals surface area contributed by atoms with Gasteiger partial charge in [0.2, 0.25) is 0 Å². The molecule has 112 valence electrons. The van der Waals surface area contributed by atoms with E-state index in [0.717, 1.165) is 32.9 Å². The summed E-state index contributed by atoms with van der Waals surface area (Å²) < 4.78 is 6.49. The zero-order chi connectivity index (χ0) is 15.4. The molecule has 4 heteroatoms. The van der Waals surface area contributed by atoms with Crippen molar-refractivity contribution < 1.29 is 4.74 Å². The van der Waals surface area contributed by atoms with Crippen LogP contribution in [0.25, 0.3) is 0 Å². The van der Waals surface area contributed by atoms with Gasteiger partial charge in [0.25, 0.3) is 0 Å². The highest BCUT2D eigenvalue weighted by atomic mass is 79.9. The summed E-state index contributed by atoms with van der Waals surface area (Å²) in [4.78, 5) is 0. The first-order valence-electron chi connectivity index (χ1n) is 6.84. The highest BCUT2D eigenvalue weighted by Gasteiger charge is 2.10. The van der Waals surface area contributed by atoms with E-state index < -0.39 is 0 Å². The van der Waals surface area contributed by atoms with Gasteiger partial charge in [0.05, 0.1) is 12.8 Å². The van der Waals surface area contributed by atoms with E-state index in [1.807, 2.05) is 19.1 Å². The zero-order valence-electron chi connectivity index (χ0n) is 12.4. The van der Waals surface area contributed by atoms with Crippen LogP contribution in [0.1, 0.15) is 18.1 Å². The van der Waals surface area contributed by atoms with Gasteiger partial charge in [-0.25, -0.2) is 0 Å². The minimum absolute atomic E-state index is 0.292. The van der Waals surface area contributed by atoms with Crippen LogP contribution in [0.15, 0.2) is 40.9 Å². The molecule has 0 spiro atoms. The van der Waals surface area contributed by atoms with Gasteiger partial charge >= 0.3 is 0 Å². The fraction of sp³-hybridized carbons (Fsp3) is 0.294. The number of ether oxygens (including phenoxy) is 1. The number of halogens is 2. The lowest BCUT2D eigenvalue weighted by molar-refractivity contribution is 0.416. The summed E-state index contributed by atoms with van der Waals surface area (Å²) in [6.45, 7) is 4.15. The Kier molecular flexibility index (Phi) is 5.54. The summed E-state index contributed by atoms with van der Waals surface area (Å²) in [6, 6.07) is 12.6. The Balaban J connectivity index is 2.10. The molecule has 0 aromatic heterocycles. The zero-order valence-corrected chi connectivity index (χ0v) is 14.8. The predicted octanol–water partition coefficient (Wildman–Crippen LogP) is 5.46. The number of rotatable bonds is 5. The van der Waals surface area contributed by atoms with Crippen LogP contribution < -0.4 is 10.1 Å². The summed E-state index contributed by atoms with van der Waals surface area (Å²) in [5.74, 6) is 0.772. The summed E-state index contributed by atoms with van der Waals surface area (Å²) in [5, 5.41) is 4.22. The van der Waals surface area contributed by atoms with Crippen molar-refractivity contribution in [2.45, 2.75) is 26.3 Å². The number of methoxy groups -OCH3 is 1. The van der Waals surface area contributed by atoms with Crippen molar-refractivity contribution in [2.75, 3.05) is 12.4 Å². The van der Waals surface area contributed by atoms with Crippen LogP contribution in [0, 0.1) is 6.92 Å². The molecule has 2 aromatic rings. The standard InChI is InChI=1S/C17H19BrClNO/c1-11-8-16(17(21-3)10-15(11)19)20-12(2)9-13-4-6-14(18)7-5-13/h4-8,10,12,20H,9H2,1-3H3. The van der Waals surface area contributed by atoms with Gasteiger partial charge in [-0.1, -0.05) is 39.7 Å². The van der Waals surface area contributed by atoms with Crippen molar-refractivity contribution in [1.29, 1.82) is 0 Å². The number of aryl methyl sites for hydroxylation is 1. The molecule has 0 aliphatic carbocycles. The van der Waals surface area contributed by atoms with Gasteiger partial charge in [-0.3, -0.25) is 0 Å². The van der Waals surface area contributed by atoms with Crippen LogP contribution in [-0.2, 0) is 6.42 Å². The van der Waals surface area contributed by atoms with Gasteiger partial charge in [0.1, 0.15) is 5.75 Å². The molecular formula is C17H19BrClNO. The Morgan fingerprint density at radius 1 is 1.24 bits per heavy atom. The summed E-state index contributed by atoms with van der Waals surface area (Å²) in [5.41, 5.74) is 3.31. The van der Waals surface area contributed by atoms with Gasteiger partial charge < -0.3 is 10.1 Å². The average molecular weight is 369 g/mol.